The number of benzene rings is 1. The van der Waals surface area contributed by atoms with Crippen molar-refractivity contribution in [3.63, 3.8) is 0 Å². The molecule has 1 aromatic rings. The minimum absolute atomic E-state index is 0.161. The highest BCUT2D eigenvalue weighted by Crippen LogP contribution is 2.19. The molecule has 120 valence electrons. The Kier molecular flexibility index (Phi) is 7.76. The third-order valence-electron chi connectivity index (χ3n) is 3.54. The minimum Gasteiger partial charge on any atom is -0.497 e. The molecule has 0 saturated carbocycles. The quantitative estimate of drug-likeness (QED) is 0.705. The van der Waals surface area contributed by atoms with E-state index in [9.17, 15) is 0 Å². The predicted molar refractivity (Wildman–Crippen MR) is 89.1 cm³/mol. The smallest absolute Gasteiger partial charge is 0.119 e. The van der Waals surface area contributed by atoms with Crippen LogP contribution < -0.4 is 10.1 Å². The summed E-state index contributed by atoms with van der Waals surface area (Å²) in [6, 6.07) is 8.39. The predicted octanol–water partition coefficient (Wildman–Crippen LogP) is 3.67. The van der Waals surface area contributed by atoms with Gasteiger partial charge in [0.15, 0.2) is 0 Å². The first-order valence-electron chi connectivity index (χ1n) is 7.81. The molecule has 1 N–H and O–H groups in total. The molecule has 0 saturated heterocycles. The van der Waals surface area contributed by atoms with Crippen molar-refractivity contribution >= 4 is 0 Å². The summed E-state index contributed by atoms with van der Waals surface area (Å²) < 4.78 is 10.5. The van der Waals surface area contributed by atoms with Gasteiger partial charge in [0.25, 0.3) is 0 Å². The lowest BCUT2D eigenvalue weighted by molar-refractivity contribution is 0.185. The molecule has 0 amide bonds. The molecular formula is C18H31NO2. The lowest BCUT2D eigenvalue weighted by Gasteiger charge is -2.25. The van der Waals surface area contributed by atoms with Crippen molar-refractivity contribution in [3.05, 3.63) is 29.8 Å². The summed E-state index contributed by atoms with van der Waals surface area (Å²) in [5, 5.41) is 3.63. The second-order valence-corrected chi connectivity index (χ2v) is 6.69. The second kappa shape index (κ2) is 9.06. The standard InChI is InChI=1S/C18H31NO2/c1-18(2,3)19-14-16(9-7-11-20-4)12-15-8-6-10-17(13-15)21-5/h6,8,10,13,16,19H,7,9,11-12,14H2,1-5H3. The number of ether oxygens (including phenoxy) is 2. The summed E-state index contributed by atoms with van der Waals surface area (Å²) >= 11 is 0. The first-order chi connectivity index (χ1) is 9.94. The fourth-order valence-corrected chi connectivity index (χ4v) is 2.38. The van der Waals surface area contributed by atoms with Gasteiger partial charge in [-0.15, -0.1) is 0 Å². The van der Waals surface area contributed by atoms with E-state index in [0.29, 0.717) is 5.92 Å². The molecule has 1 atom stereocenters. The van der Waals surface area contributed by atoms with E-state index in [1.54, 1.807) is 14.2 Å². The van der Waals surface area contributed by atoms with Crippen molar-refractivity contribution in [3.8, 4) is 5.75 Å². The van der Waals surface area contributed by atoms with Crippen LogP contribution in [0.3, 0.4) is 0 Å². The second-order valence-electron chi connectivity index (χ2n) is 6.69. The maximum atomic E-state index is 5.31. The Morgan fingerprint density at radius 1 is 1.19 bits per heavy atom. The van der Waals surface area contributed by atoms with Gasteiger partial charge in [-0.3, -0.25) is 0 Å². The Labute approximate surface area is 130 Å². The maximum absolute atomic E-state index is 5.31. The van der Waals surface area contributed by atoms with Gasteiger partial charge >= 0.3 is 0 Å². The van der Waals surface area contributed by atoms with Gasteiger partial charge in [0, 0.05) is 19.3 Å². The summed E-state index contributed by atoms with van der Waals surface area (Å²) in [5.41, 5.74) is 1.50. The molecule has 0 aliphatic heterocycles. The highest BCUT2D eigenvalue weighted by Gasteiger charge is 2.15. The Balaban J connectivity index is 2.61. The normalized spacial score (nSPS) is 13.2. The molecule has 1 rings (SSSR count). The van der Waals surface area contributed by atoms with Gasteiger partial charge in [-0.1, -0.05) is 12.1 Å². The zero-order valence-corrected chi connectivity index (χ0v) is 14.2. The zero-order chi connectivity index (χ0) is 15.7. The van der Waals surface area contributed by atoms with E-state index in [1.807, 2.05) is 6.07 Å². The van der Waals surface area contributed by atoms with Crippen LogP contribution in [-0.2, 0) is 11.2 Å². The summed E-state index contributed by atoms with van der Waals surface area (Å²) in [5.74, 6) is 1.55. The van der Waals surface area contributed by atoms with E-state index in [4.69, 9.17) is 9.47 Å². The molecule has 3 nitrogen and oxygen atoms in total. The first-order valence-corrected chi connectivity index (χ1v) is 7.81. The molecule has 0 aromatic heterocycles. The van der Waals surface area contributed by atoms with Crippen LogP contribution in [0.15, 0.2) is 24.3 Å². The van der Waals surface area contributed by atoms with Crippen molar-refractivity contribution < 1.29 is 9.47 Å². The molecule has 0 radical (unpaired) electrons. The topological polar surface area (TPSA) is 30.5 Å². The van der Waals surface area contributed by atoms with E-state index in [0.717, 1.165) is 31.7 Å². The van der Waals surface area contributed by atoms with E-state index in [-0.39, 0.29) is 5.54 Å². The van der Waals surface area contributed by atoms with E-state index in [1.165, 1.54) is 12.0 Å². The van der Waals surface area contributed by atoms with Gasteiger partial charge in [0.05, 0.1) is 7.11 Å². The Hall–Kier alpha value is -1.06. The summed E-state index contributed by atoms with van der Waals surface area (Å²) in [6.45, 7) is 8.51. The van der Waals surface area contributed by atoms with E-state index < -0.39 is 0 Å². The van der Waals surface area contributed by atoms with E-state index >= 15 is 0 Å². The lowest BCUT2D eigenvalue weighted by Crippen LogP contribution is -2.39. The molecule has 0 bridgehead atoms. The Morgan fingerprint density at radius 3 is 2.57 bits per heavy atom. The highest BCUT2D eigenvalue weighted by atomic mass is 16.5. The van der Waals surface area contributed by atoms with Crippen molar-refractivity contribution in [2.45, 2.75) is 45.6 Å². The number of nitrogens with one attached hydrogen (secondary N) is 1. The fraction of sp³-hybridized carbons (Fsp3) is 0.667. The van der Waals surface area contributed by atoms with Crippen LogP contribution in [0.5, 0.6) is 5.75 Å². The molecule has 1 unspecified atom stereocenters. The Morgan fingerprint density at radius 2 is 1.95 bits per heavy atom. The SMILES string of the molecule is COCCCC(CNC(C)(C)C)Cc1cccc(OC)c1. The average Bonchev–Trinajstić information content (AvgIpc) is 2.44. The molecule has 0 aliphatic rings. The van der Waals surface area contributed by atoms with Crippen LogP contribution >= 0.6 is 0 Å². The van der Waals surface area contributed by atoms with Crippen LogP contribution in [0.25, 0.3) is 0 Å². The third kappa shape index (κ3) is 8.08. The van der Waals surface area contributed by atoms with Gasteiger partial charge in [0.2, 0.25) is 0 Å². The molecule has 3 heteroatoms. The Bertz CT molecular complexity index is 398. The number of hydrogen-bond donors (Lipinski definition) is 1. The molecular weight excluding hydrogens is 262 g/mol. The van der Waals surface area contributed by atoms with Gasteiger partial charge < -0.3 is 14.8 Å². The molecule has 0 heterocycles. The molecule has 1 aromatic carbocycles. The van der Waals surface area contributed by atoms with Gasteiger partial charge in [-0.05, 0) is 70.2 Å². The van der Waals surface area contributed by atoms with Crippen molar-refractivity contribution in [1.82, 2.24) is 5.32 Å². The monoisotopic (exact) mass is 293 g/mol. The van der Waals surface area contributed by atoms with Gasteiger partial charge in [0.1, 0.15) is 5.75 Å². The summed E-state index contributed by atoms with van der Waals surface area (Å²) in [7, 11) is 3.49. The molecule has 0 spiro atoms. The maximum Gasteiger partial charge on any atom is 0.119 e. The largest absolute Gasteiger partial charge is 0.497 e. The van der Waals surface area contributed by atoms with Crippen LogP contribution in [0.1, 0.15) is 39.2 Å². The third-order valence-corrected chi connectivity index (χ3v) is 3.54. The van der Waals surface area contributed by atoms with Crippen molar-refractivity contribution in [2.75, 3.05) is 27.4 Å². The molecule has 0 fully saturated rings. The average molecular weight is 293 g/mol. The van der Waals surface area contributed by atoms with Crippen LogP contribution in [0, 0.1) is 5.92 Å². The summed E-state index contributed by atoms with van der Waals surface area (Å²) in [4.78, 5) is 0. The fourth-order valence-electron chi connectivity index (χ4n) is 2.38. The lowest BCUT2D eigenvalue weighted by atomic mass is 9.93. The van der Waals surface area contributed by atoms with Crippen LogP contribution in [0.2, 0.25) is 0 Å². The number of hydrogen-bond acceptors (Lipinski definition) is 3. The number of rotatable bonds is 9. The van der Waals surface area contributed by atoms with Crippen molar-refractivity contribution in [2.24, 2.45) is 5.92 Å². The minimum atomic E-state index is 0.161. The molecule has 21 heavy (non-hydrogen) atoms. The summed E-state index contributed by atoms with van der Waals surface area (Å²) in [6.07, 6.45) is 3.36. The van der Waals surface area contributed by atoms with E-state index in [2.05, 4.69) is 44.3 Å². The first kappa shape index (κ1) is 18.0. The van der Waals surface area contributed by atoms with Gasteiger partial charge in [-0.2, -0.15) is 0 Å². The zero-order valence-electron chi connectivity index (χ0n) is 14.2. The van der Waals surface area contributed by atoms with Crippen LogP contribution in [-0.4, -0.2) is 32.9 Å². The molecule has 0 aliphatic carbocycles. The van der Waals surface area contributed by atoms with Crippen LogP contribution in [0.4, 0.5) is 0 Å². The van der Waals surface area contributed by atoms with Crippen molar-refractivity contribution in [1.29, 1.82) is 0 Å². The highest BCUT2D eigenvalue weighted by molar-refractivity contribution is 5.28. The van der Waals surface area contributed by atoms with Gasteiger partial charge in [-0.25, -0.2) is 0 Å². The number of methoxy groups -OCH3 is 2.